The zero-order valence-electron chi connectivity index (χ0n) is 9.40. The number of rotatable bonds is 3. The van der Waals surface area contributed by atoms with Gasteiger partial charge in [-0.05, 0) is 24.3 Å². The molecule has 0 saturated carbocycles. The Bertz CT molecular complexity index is 498. The van der Waals surface area contributed by atoms with Crippen LogP contribution in [0.25, 0.3) is 0 Å². The van der Waals surface area contributed by atoms with Gasteiger partial charge in [0, 0.05) is 11.3 Å². The third-order valence-electron chi connectivity index (χ3n) is 2.53. The summed E-state index contributed by atoms with van der Waals surface area (Å²) in [5, 5.41) is 2.62. The molecule has 0 aromatic heterocycles. The number of hydrogen-bond acceptors (Lipinski definition) is 4. The Labute approximate surface area is 103 Å². The van der Waals surface area contributed by atoms with Gasteiger partial charge in [0.05, 0.1) is 6.42 Å². The van der Waals surface area contributed by atoms with E-state index in [-0.39, 0.29) is 18.2 Å². The maximum Gasteiger partial charge on any atom is 0.248 e. The lowest BCUT2D eigenvalue weighted by Crippen LogP contribution is -2.39. The molecule has 0 spiro atoms. The van der Waals surface area contributed by atoms with E-state index >= 15 is 0 Å². The highest BCUT2D eigenvalue weighted by Gasteiger charge is 2.27. The van der Waals surface area contributed by atoms with Crippen LogP contribution in [0.4, 0.5) is 5.69 Å². The Morgan fingerprint density at radius 1 is 1.28 bits per heavy atom. The van der Waals surface area contributed by atoms with Gasteiger partial charge in [-0.15, -0.1) is 0 Å². The largest absolute Gasteiger partial charge is 0.366 e. The predicted molar refractivity (Wildman–Crippen MR) is 63.3 cm³/mol. The molecule has 2 rings (SSSR count). The molecule has 7 nitrogen and oxygen atoms in total. The maximum atomic E-state index is 11.7. The monoisotopic (exact) mass is 248 g/mol. The van der Waals surface area contributed by atoms with E-state index < -0.39 is 11.9 Å². The number of primary amides is 1. The molecule has 1 saturated heterocycles. The summed E-state index contributed by atoms with van der Waals surface area (Å²) in [6, 6.07) is 5.59. The number of hydrazine groups is 1. The van der Waals surface area contributed by atoms with Crippen molar-refractivity contribution in [3.05, 3.63) is 29.8 Å². The van der Waals surface area contributed by atoms with Gasteiger partial charge in [0.15, 0.2) is 0 Å². The van der Waals surface area contributed by atoms with Gasteiger partial charge in [-0.2, -0.15) is 0 Å². The topological polar surface area (TPSA) is 113 Å². The fraction of sp³-hybridized carbons (Fsp3) is 0.182. The number of carbonyl (C=O) groups excluding carboxylic acids is 3. The lowest BCUT2D eigenvalue weighted by molar-refractivity contribution is -0.121. The molecule has 1 aliphatic heterocycles. The Hall–Kier alpha value is -2.41. The normalized spacial score (nSPS) is 18.2. The summed E-state index contributed by atoms with van der Waals surface area (Å²) in [6.45, 7) is 0. The van der Waals surface area contributed by atoms with Crippen molar-refractivity contribution >= 4 is 23.4 Å². The number of nitrogens with one attached hydrogen (secondary N) is 3. The van der Waals surface area contributed by atoms with Crippen molar-refractivity contribution in [3.63, 3.8) is 0 Å². The van der Waals surface area contributed by atoms with Gasteiger partial charge in [0.1, 0.15) is 6.04 Å². The number of benzene rings is 1. The Balaban J connectivity index is 1.99. The van der Waals surface area contributed by atoms with E-state index in [4.69, 9.17) is 5.73 Å². The second-order valence-electron chi connectivity index (χ2n) is 3.88. The molecule has 0 radical (unpaired) electrons. The minimum atomic E-state index is -0.590. The molecule has 18 heavy (non-hydrogen) atoms. The standard InChI is InChI=1S/C11H12N4O3/c12-10(17)6-1-3-7(4-2-6)13-11(18)8-5-9(16)15-14-8/h1-4,8,14H,5H2,(H2,12,17)(H,13,18)(H,15,16). The van der Waals surface area contributed by atoms with E-state index in [1.807, 2.05) is 0 Å². The molecule has 1 fully saturated rings. The van der Waals surface area contributed by atoms with Gasteiger partial charge in [-0.1, -0.05) is 0 Å². The van der Waals surface area contributed by atoms with Crippen molar-refractivity contribution in [1.82, 2.24) is 10.9 Å². The molecule has 7 heteroatoms. The van der Waals surface area contributed by atoms with Crippen molar-refractivity contribution < 1.29 is 14.4 Å². The predicted octanol–water partition coefficient (Wildman–Crippen LogP) is -0.883. The summed E-state index contributed by atoms with van der Waals surface area (Å²) in [5.41, 5.74) is 10.9. The number of nitrogens with two attached hydrogens (primary N) is 1. The molecule has 0 bridgehead atoms. The van der Waals surface area contributed by atoms with E-state index in [1.165, 1.54) is 12.1 Å². The van der Waals surface area contributed by atoms with Crippen LogP contribution in [0.5, 0.6) is 0 Å². The van der Waals surface area contributed by atoms with Crippen LogP contribution in [-0.2, 0) is 9.59 Å². The zero-order valence-corrected chi connectivity index (χ0v) is 9.40. The van der Waals surface area contributed by atoms with Crippen molar-refractivity contribution in [2.24, 2.45) is 5.73 Å². The zero-order chi connectivity index (χ0) is 13.1. The molecule has 1 unspecified atom stereocenters. The maximum absolute atomic E-state index is 11.7. The molecule has 1 heterocycles. The van der Waals surface area contributed by atoms with Crippen molar-refractivity contribution in [1.29, 1.82) is 0 Å². The lowest BCUT2D eigenvalue weighted by atomic mass is 10.2. The first-order valence-electron chi connectivity index (χ1n) is 5.31. The molecule has 94 valence electrons. The van der Waals surface area contributed by atoms with E-state index in [0.29, 0.717) is 11.3 Å². The summed E-state index contributed by atoms with van der Waals surface area (Å²) >= 11 is 0. The summed E-state index contributed by atoms with van der Waals surface area (Å²) in [4.78, 5) is 33.5. The summed E-state index contributed by atoms with van der Waals surface area (Å²) in [7, 11) is 0. The van der Waals surface area contributed by atoms with E-state index in [1.54, 1.807) is 12.1 Å². The molecular formula is C11H12N4O3. The minimum absolute atomic E-state index is 0.102. The van der Waals surface area contributed by atoms with Crippen LogP contribution >= 0.6 is 0 Å². The second kappa shape index (κ2) is 4.84. The third-order valence-corrected chi connectivity index (χ3v) is 2.53. The fourth-order valence-electron chi connectivity index (χ4n) is 1.56. The summed E-state index contributed by atoms with van der Waals surface area (Å²) in [6.07, 6.45) is 0.102. The van der Waals surface area contributed by atoms with Gasteiger partial charge in [0.2, 0.25) is 17.7 Å². The summed E-state index contributed by atoms with van der Waals surface area (Å²) < 4.78 is 0. The molecule has 1 aromatic rings. The van der Waals surface area contributed by atoms with Crippen molar-refractivity contribution in [2.75, 3.05) is 5.32 Å². The molecule has 1 aromatic carbocycles. The fourth-order valence-corrected chi connectivity index (χ4v) is 1.56. The first-order valence-corrected chi connectivity index (χ1v) is 5.31. The number of hydrogen-bond donors (Lipinski definition) is 4. The number of anilines is 1. The molecule has 5 N–H and O–H groups in total. The first-order chi connectivity index (χ1) is 8.56. The number of amides is 3. The molecule has 1 aliphatic rings. The molecule has 0 aliphatic carbocycles. The van der Waals surface area contributed by atoms with Crippen LogP contribution in [0, 0.1) is 0 Å². The van der Waals surface area contributed by atoms with Crippen molar-refractivity contribution in [2.45, 2.75) is 12.5 Å². The second-order valence-corrected chi connectivity index (χ2v) is 3.88. The Kier molecular flexibility index (Phi) is 3.24. The number of carbonyl (C=O) groups is 3. The molecule has 1 atom stereocenters. The lowest BCUT2D eigenvalue weighted by Gasteiger charge is -2.09. The van der Waals surface area contributed by atoms with Crippen LogP contribution in [0.3, 0.4) is 0 Å². The smallest absolute Gasteiger partial charge is 0.248 e. The van der Waals surface area contributed by atoms with Crippen LogP contribution in [-0.4, -0.2) is 23.8 Å². The third kappa shape index (κ3) is 2.64. The van der Waals surface area contributed by atoms with Gasteiger partial charge in [-0.25, -0.2) is 5.43 Å². The summed E-state index contributed by atoms with van der Waals surface area (Å²) in [5.74, 6) is -1.07. The molecular weight excluding hydrogens is 236 g/mol. The van der Waals surface area contributed by atoms with Crippen LogP contribution in [0.1, 0.15) is 16.8 Å². The average Bonchev–Trinajstić information content (AvgIpc) is 2.76. The average molecular weight is 248 g/mol. The highest BCUT2D eigenvalue weighted by Crippen LogP contribution is 2.10. The molecule has 3 amide bonds. The van der Waals surface area contributed by atoms with Crippen LogP contribution in [0.15, 0.2) is 24.3 Å². The van der Waals surface area contributed by atoms with Crippen molar-refractivity contribution in [3.8, 4) is 0 Å². The van der Waals surface area contributed by atoms with E-state index in [0.717, 1.165) is 0 Å². The SMILES string of the molecule is NC(=O)c1ccc(NC(=O)C2CC(=O)NN2)cc1. The Morgan fingerprint density at radius 3 is 2.44 bits per heavy atom. The highest BCUT2D eigenvalue weighted by atomic mass is 16.2. The van der Waals surface area contributed by atoms with Gasteiger partial charge < -0.3 is 11.1 Å². The quantitative estimate of drug-likeness (QED) is 0.556. The van der Waals surface area contributed by atoms with Gasteiger partial charge in [0.25, 0.3) is 0 Å². The van der Waals surface area contributed by atoms with Crippen LogP contribution < -0.4 is 21.9 Å². The minimum Gasteiger partial charge on any atom is -0.366 e. The Morgan fingerprint density at radius 2 is 1.94 bits per heavy atom. The van der Waals surface area contributed by atoms with E-state index in [2.05, 4.69) is 16.2 Å². The highest BCUT2D eigenvalue weighted by molar-refractivity contribution is 5.99. The van der Waals surface area contributed by atoms with Gasteiger partial charge >= 0.3 is 0 Å². The van der Waals surface area contributed by atoms with Crippen LogP contribution in [0.2, 0.25) is 0 Å². The first kappa shape index (κ1) is 12.1. The van der Waals surface area contributed by atoms with E-state index in [9.17, 15) is 14.4 Å². The van der Waals surface area contributed by atoms with Gasteiger partial charge in [-0.3, -0.25) is 19.8 Å².